The second-order valence-electron chi connectivity index (χ2n) is 4.59. The van der Waals surface area contributed by atoms with Crippen LogP contribution in [0.4, 0.5) is 0 Å². The molecule has 1 aliphatic rings. The van der Waals surface area contributed by atoms with Gasteiger partial charge in [0.05, 0.1) is 6.54 Å². The van der Waals surface area contributed by atoms with Gasteiger partial charge in [-0.3, -0.25) is 4.90 Å². The summed E-state index contributed by atoms with van der Waals surface area (Å²) < 4.78 is 1.97. The molecule has 2 rings (SSSR count). The van der Waals surface area contributed by atoms with Crippen LogP contribution in [0.3, 0.4) is 0 Å². The highest BCUT2D eigenvalue weighted by molar-refractivity contribution is 6.18. The molecule has 1 aromatic rings. The number of alkyl halides is 1. The Balaban J connectivity index is 2.01. The lowest BCUT2D eigenvalue weighted by atomic mass is 10.2. The molecular weight excluding hydrogens is 236 g/mol. The third kappa shape index (κ3) is 3.19. The SMILES string of the molecule is CCn1ncnc1CN(CCCl)C1CCCC1. The molecule has 0 saturated heterocycles. The standard InChI is InChI=1S/C12H21ClN4/c1-2-17-12(14-10-15-17)9-16(8-7-13)11-5-3-4-6-11/h10-11H,2-9H2,1H3. The van der Waals surface area contributed by atoms with Crippen LogP contribution in [0.2, 0.25) is 0 Å². The van der Waals surface area contributed by atoms with E-state index in [1.165, 1.54) is 25.7 Å². The van der Waals surface area contributed by atoms with Crippen LogP contribution < -0.4 is 0 Å². The van der Waals surface area contributed by atoms with Gasteiger partial charge >= 0.3 is 0 Å². The number of aryl methyl sites for hydroxylation is 1. The zero-order valence-electron chi connectivity index (χ0n) is 10.5. The molecule has 0 spiro atoms. The Morgan fingerprint density at radius 1 is 1.47 bits per heavy atom. The molecule has 1 fully saturated rings. The molecule has 0 radical (unpaired) electrons. The van der Waals surface area contributed by atoms with Gasteiger partial charge in [-0.05, 0) is 19.8 Å². The molecule has 1 aliphatic carbocycles. The molecule has 0 atom stereocenters. The summed E-state index contributed by atoms with van der Waals surface area (Å²) in [5.41, 5.74) is 0. The smallest absolute Gasteiger partial charge is 0.141 e. The summed E-state index contributed by atoms with van der Waals surface area (Å²) in [5, 5.41) is 4.22. The number of nitrogens with zero attached hydrogens (tertiary/aromatic N) is 4. The maximum absolute atomic E-state index is 5.90. The van der Waals surface area contributed by atoms with Gasteiger partial charge in [0.25, 0.3) is 0 Å². The van der Waals surface area contributed by atoms with Crippen LogP contribution in [0, 0.1) is 0 Å². The van der Waals surface area contributed by atoms with Gasteiger partial charge < -0.3 is 0 Å². The molecule has 4 nitrogen and oxygen atoms in total. The predicted molar refractivity (Wildman–Crippen MR) is 69.1 cm³/mol. The topological polar surface area (TPSA) is 34.0 Å². The number of halogens is 1. The van der Waals surface area contributed by atoms with Gasteiger partial charge in [-0.15, -0.1) is 11.6 Å². The quantitative estimate of drug-likeness (QED) is 0.733. The average Bonchev–Trinajstić information content (AvgIpc) is 2.99. The monoisotopic (exact) mass is 256 g/mol. The molecule has 17 heavy (non-hydrogen) atoms. The van der Waals surface area contributed by atoms with E-state index in [1.807, 2.05) is 4.68 Å². The van der Waals surface area contributed by atoms with Crippen molar-refractivity contribution in [2.75, 3.05) is 12.4 Å². The minimum Gasteiger partial charge on any atom is -0.292 e. The summed E-state index contributed by atoms with van der Waals surface area (Å²) in [6.07, 6.45) is 6.95. The average molecular weight is 257 g/mol. The van der Waals surface area contributed by atoms with Crippen molar-refractivity contribution in [1.82, 2.24) is 19.7 Å². The number of hydrogen-bond acceptors (Lipinski definition) is 3. The lowest BCUT2D eigenvalue weighted by Gasteiger charge is -2.27. The van der Waals surface area contributed by atoms with E-state index < -0.39 is 0 Å². The summed E-state index contributed by atoms with van der Waals surface area (Å²) in [6.45, 7) is 4.81. The van der Waals surface area contributed by atoms with Crippen LogP contribution in [0.25, 0.3) is 0 Å². The second-order valence-corrected chi connectivity index (χ2v) is 4.97. The second kappa shape index (κ2) is 6.36. The Kier molecular flexibility index (Phi) is 4.80. The summed E-state index contributed by atoms with van der Waals surface area (Å²) in [5.74, 6) is 1.75. The lowest BCUT2D eigenvalue weighted by molar-refractivity contribution is 0.193. The number of rotatable bonds is 6. The molecule has 1 saturated carbocycles. The molecule has 0 aromatic carbocycles. The highest BCUT2D eigenvalue weighted by atomic mass is 35.5. The molecule has 0 unspecified atom stereocenters. The Morgan fingerprint density at radius 2 is 2.24 bits per heavy atom. The third-order valence-corrected chi connectivity index (χ3v) is 3.72. The molecule has 5 heteroatoms. The van der Waals surface area contributed by atoms with Crippen LogP contribution in [0.1, 0.15) is 38.4 Å². The van der Waals surface area contributed by atoms with E-state index in [4.69, 9.17) is 11.6 Å². The van der Waals surface area contributed by atoms with Crippen molar-refractivity contribution in [3.8, 4) is 0 Å². The fourth-order valence-electron chi connectivity index (χ4n) is 2.63. The fraction of sp³-hybridized carbons (Fsp3) is 0.833. The van der Waals surface area contributed by atoms with Gasteiger partial charge in [0, 0.05) is 25.0 Å². The molecule has 0 N–H and O–H groups in total. The molecule has 0 bridgehead atoms. The molecule has 0 aliphatic heterocycles. The molecule has 1 aromatic heterocycles. The van der Waals surface area contributed by atoms with Crippen LogP contribution in [-0.2, 0) is 13.1 Å². The van der Waals surface area contributed by atoms with E-state index in [0.717, 1.165) is 25.5 Å². The minimum absolute atomic E-state index is 0.691. The highest BCUT2D eigenvalue weighted by Crippen LogP contribution is 2.24. The van der Waals surface area contributed by atoms with E-state index in [2.05, 4.69) is 21.9 Å². The van der Waals surface area contributed by atoms with Gasteiger partial charge in [-0.25, -0.2) is 9.67 Å². The maximum Gasteiger partial charge on any atom is 0.141 e. The van der Waals surface area contributed by atoms with Crippen LogP contribution in [0.15, 0.2) is 6.33 Å². The summed E-state index contributed by atoms with van der Waals surface area (Å²) >= 11 is 5.90. The Hall–Kier alpha value is -0.610. The summed E-state index contributed by atoms with van der Waals surface area (Å²) in [7, 11) is 0. The van der Waals surface area contributed by atoms with Crippen molar-refractivity contribution in [1.29, 1.82) is 0 Å². The highest BCUT2D eigenvalue weighted by Gasteiger charge is 2.23. The van der Waals surface area contributed by atoms with E-state index in [-0.39, 0.29) is 0 Å². The van der Waals surface area contributed by atoms with E-state index in [0.29, 0.717) is 11.9 Å². The van der Waals surface area contributed by atoms with E-state index in [1.54, 1.807) is 6.33 Å². The van der Waals surface area contributed by atoms with Crippen molar-refractivity contribution in [3.63, 3.8) is 0 Å². The lowest BCUT2D eigenvalue weighted by Crippen LogP contribution is -2.35. The first-order chi connectivity index (χ1) is 8.35. The van der Waals surface area contributed by atoms with E-state index in [9.17, 15) is 0 Å². The van der Waals surface area contributed by atoms with Crippen molar-refractivity contribution < 1.29 is 0 Å². The minimum atomic E-state index is 0.691. The van der Waals surface area contributed by atoms with Gasteiger partial charge in [0.2, 0.25) is 0 Å². The Morgan fingerprint density at radius 3 is 2.88 bits per heavy atom. The molecular formula is C12H21ClN4. The van der Waals surface area contributed by atoms with Gasteiger partial charge in [-0.2, -0.15) is 5.10 Å². The zero-order valence-corrected chi connectivity index (χ0v) is 11.2. The maximum atomic E-state index is 5.90. The fourth-order valence-corrected chi connectivity index (χ4v) is 2.84. The van der Waals surface area contributed by atoms with Gasteiger partial charge in [-0.1, -0.05) is 12.8 Å². The predicted octanol–water partition coefficient (Wildman–Crippen LogP) is 2.28. The molecule has 1 heterocycles. The zero-order chi connectivity index (χ0) is 12.1. The largest absolute Gasteiger partial charge is 0.292 e. The summed E-state index contributed by atoms with van der Waals surface area (Å²) in [4.78, 5) is 6.82. The Labute approximate surface area is 108 Å². The van der Waals surface area contributed by atoms with Crippen LogP contribution >= 0.6 is 11.6 Å². The first-order valence-corrected chi connectivity index (χ1v) is 7.05. The third-order valence-electron chi connectivity index (χ3n) is 3.55. The Bertz CT molecular complexity index is 333. The summed E-state index contributed by atoms with van der Waals surface area (Å²) in [6, 6.07) is 0.691. The molecule has 96 valence electrons. The van der Waals surface area contributed by atoms with Crippen molar-refractivity contribution in [2.24, 2.45) is 0 Å². The number of aromatic nitrogens is 3. The van der Waals surface area contributed by atoms with Crippen molar-refractivity contribution in [2.45, 2.75) is 51.7 Å². The van der Waals surface area contributed by atoms with Gasteiger partial charge in [0.1, 0.15) is 12.2 Å². The first kappa shape index (κ1) is 12.8. The number of hydrogen-bond donors (Lipinski definition) is 0. The first-order valence-electron chi connectivity index (χ1n) is 6.51. The van der Waals surface area contributed by atoms with Gasteiger partial charge in [0.15, 0.2) is 0 Å². The van der Waals surface area contributed by atoms with Crippen LogP contribution in [0.5, 0.6) is 0 Å². The van der Waals surface area contributed by atoms with Crippen LogP contribution in [-0.4, -0.2) is 38.1 Å². The van der Waals surface area contributed by atoms with E-state index >= 15 is 0 Å². The molecule has 0 amide bonds. The van der Waals surface area contributed by atoms with Crippen molar-refractivity contribution in [3.05, 3.63) is 12.2 Å². The normalized spacial score (nSPS) is 17.1. The van der Waals surface area contributed by atoms with Crippen molar-refractivity contribution >= 4 is 11.6 Å².